The quantitative estimate of drug-likeness (QED) is 0.319. The van der Waals surface area contributed by atoms with E-state index in [0.29, 0.717) is 6.42 Å². The average Bonchev–Trinajstić information content (AvgIpc) is 3.03. The number of aliphatic hydroxyl groups is 3. The highest BCUT2D eigenvalue weighted by molar-refractivity contribution is 5.96. The summed E-state index contributed by atoms with van der Waals surface area (Å²) in [5.74, 6) is -2.42. The third-order valence-corrected chi connectivity index (χ3v) is 9.43. The Balaban J connectivity index is 1.85. The monoisotopic (exact) mass is 684 g/mol. The zero-order valence-corrected chi connectivity index (χ0v) is 29.6. The Kier molecular flexibility index (Phi) is 15.4. The van der Waals surface area contributed by atoms with Crippen molar-refractivity contribution >= 4 is 11.8 Å². The molecule has 0 radical (unpaired) electrons. The fourth-order valence-electron chi connectivity index (χ4n) is 6.50. The number of esters is 1. The molecule has 0 spiro atoms. The minimum Gasteiger partial charge on any atom is -0.459 e. The molecule has 3 N–H and O–H groups in total. The van der Waals surface area contributed by atoms with Gasteiger partial charge in [-0.2, -0.15) is 0 Å². The molecule has 0 aromatic rings. The molecule has 0 aliphatic carbocycles. The molecule has 48 heavy (non-hydrogen) atoms. The van der Waals surface area contributed by atoms with Gasteiger partial charge in [0.05, 0.1) is 31.0 Å². The van der Waals surface area contributed by atoms with Crippen molar-refractivity contribution in [1.82, 2.24) is 0 Å². The number of methoxy groups -OCH3 is 3. The first-order valence-corrected chi connectivity index (χ1v) is 16.7. The van der Waals surface area contributed by atoms with Crippen LogP contribution in [0.25, 0.3) is 0 Å². The van der Waals surface area contributed by atoms with Crippen LogP contribution >= 0.6 is 0 Å². The number of carbonyl (C=O) groups is 2. The maximum atomic E-state index is 13.2. The fourth-order valence-corrected chi connectivity index (χ4v) is 6.50. The standard InChI is InChI=1S/C35H56O13/c1-19-14-15-27(37)46-22(4)24(18-44-34-32(43-9)31(42-8)28(38)23(5)47-34)12-10-11-13-26(36)35(6,40)17-20(2)30(19)48-33-29(39)25(41-7)16-21(3)45-33/h10-15,19-25,28-34,38-40H,16-18H2,1-9H3/b12-10+,13-11+,15-14+/t19-,20-,21+,22+,23+,24+,25-,28+,29+,30+,31+,32+,33?,34+,35-/m0/s1. The van der Waals surface area contributed by atoms with Gasteiger partial charge < -0.3 is 53.2 Å². The lowest BCUT2D eigenvalue weighted by molar-refractivity contribution is -0.304. The molecule has 3 aliphatic heterocycles. The van der Waals surface area contributed by atoms with E-state index in [1.54, 1.807) is 32.1 Å². The molecule has 0 aromatic carbocycles. The molecule has 0 saturated carbocycles. The number of rotatable bonds is 8. The van der Waals surface area contributed by atoms with Gasteiger partial charge >= 0.3 is 5.97 Å². The molecule has 3 rings (SSSR count). The molecular formula is C35H56O13. The Labute approximate surface area is 284 Å². The van der Waals surface area contributed by atoms with Crippen molar-refractivity contribution in [2.75, 3.05) is 27.9 Å². The van der Waals surface area contributed by atoms with E-state index < -0.39 is 96.5 Å². The first kappa shape index (κ1) is 40.4. The predicted octanol–water partition coefficient (Wildman–Crippen LogP) is 2.25. The van der Waals surface area contributed by atoms with E-state index in [-0.39, 0.29) is 19.1 Å². The number of hydrogen-bond acceptors (Lipinski definition) is 13. The van der Waals surface area contributed by atoms with E-state index in [1.165, 1.54) is 46.5 Å². The molecule has 0 aromatic heterocycles. The summed E-state index contributed by atoms with van der Waals surface area (Å²) in [6, 6.07) is 0. The van der Waals surface area contributed by atoms with Crippen LogP contribution in [0.3, 0.4) is 0 Å². The molecule has 13 heteroatoms. The molecule has 13 nitrogen and oxygen atoms in total. The lowest BCUT2D eigenvalue weighted by atomic mass is 9.82. The topological polar surface area (TPSA) is 169 Å². The molecule has 15 atom stereocenters. The summed E-state index contributed by atoms with van der Waals surface area (Å²) in [6.45, 7) is 10.4. The largest absolute Gasteiger partial charge is 0.459 e. The van der Waals surface area contributed by atoms with Crippen LogP contribution in [0.1, 0.15) is 54.4 Å². The highest BCUT2D eigenvalue weighted by Crippen LogP contribution is 2.32. The SMILES string of the molecule is CO[C@@H]1[C@H](O)[C@@H](C)O[C@@H](OC[C@H]2/C=C/C=C/C(=O)[C@@](C)(O)C[C@H](C)[C@H](OC3O[C@H](C)C[C@H](OC)[C@H]3O)[C@@H](C)/C=C/C(=O)O[C@@H]2C)[C@@H]1OC. The number of hydrogen-bond donors (Lipinski definition) is 3. The van der Waals surface area contributed by atoms with E-state index in [9.17, 15) is 24.9 Å². The van der Waals surface area contributed by atoms with Crippen LogP contribution < -0.4 is 0 Å². The highest BCUT2D eigenvalue weighted by atomic mass is 16.7. The Bertz CT molecular complexity index is 1120. The molecule has 2 saturated heterocycles. The summed E-state index contributed by atoms with van der Waals surface area (Å²) in [7, 11) is 4.46. The smallest absolute Gasteiger partial charge is 0.330 e. The van der Waals surface area contributed by atoms with Gasteiger partial charge in [-0.25, -0.2) is 4.79 Å². The van der Waals surface area contributed by atoms with Crippen LogP contribution in [0.2, 0.25) is 0 Å². The first-order chi connectivity index (χ1) is 22.6. The predicted molar refractivity (Wildman–Crippen MR) is 174 cm³/mol. The summed E-state index contributed by atoms with van der Waals surface area (Å²) >= 11 is 0. The molecular weight excluding hydrogens is 628 g/mol. The van der Waals surface area contributed by atoms with Crippen molar-refractivity contribution < 1.29 is 62.8 Å². The molecule has 3 aliphatic rings. The van der Waals surface area contributed by atoms with Gasteiger partial charge in [0.1, 0.15) is 36.1 Å². The second-order valence-electron chi connectivity index (χ2n) is 13.4. The van der Waals surface area contributed by atoms with E-state index >= 15 is 0 Å². The van der Waals surface area contributed by atoms with Gasteiger partial charge in [0.25, 0.3) is 0 Å². The average molecular weight is 685 g/mol. The van der Waals surface area contributed by atoms with E-state index in [0.717, 1.165) is 0 Å². The minimum atomic E-state index is -1.73. The minimum absolute atomic E-state index is 0.0321. The van der Waals surface area contributed by atoms with Crippen molar-refractivity contribution in [1.29, 1.82) is 0 Å². The zero-order chi connectivity index (χ0) is 35.8. The number of carbonyl (C=O) groups excluding carboxylic acids is 2. The molecule has 274 valence electrons. The van der Waals surface area contributed by atoms with Gasteiger partial charge in [0.15, 0.2) is 18.4 Å². The second-order valence-corrected chi connectivity index (χ2v) is 13.4. The van der Waals surface area contributed by atoms with Crippen LogP contribution in [-0.4, -0.2) is 128 Å². The molecule has 3 heterocycles. The third kappa shape index (κ3) is 10.5. The molecule has 2 fully saturated rings. The second kappa shape index (κ2) is 18.3. The summed E-state index contributed by atoms with van der Waals surface area (Å²) in [5.41, 5.74) is -1.73. The van der Waals surface area contributed by atoms with Crippen LogP contribution in [0.4, 0.5) is 0 Å². The van der Waals surface area contributed by atoms with Gasteiger partial charge in [-0.3, -0.25) is 4.79 Å². The molecule has 0 bridgehead atoms. The Morgan fingerprint density at radius 3 is 2.17 bits per heavy atom. The van der Waals surface area contributed by atoms with Gasteiger partial charge in [0, 0.05) is 45.7 Å². The Morgan fingerprint density at radius 2 is 1.52 bits per heavy atom. The fraction of sp³-hybridized carbons (Fsp3) is 0.771. The number of cyclic esters (lactones) is 1. The third-order valence-electron chi connectivity index (χ3n) is 9.43. The van der Waals surface area contributed by atoms with Crippen LogP contribution in [-0.2, 0) is 47.5 Å². The van der Waals surface area contributed by atoms with Crippen molar-refractivity contribution in [2.45, 2.75) is 128 Å². The Hall–Kier alpha value is -2.04. The van der Waals surface area contributed by atoms with Crippen LogP contribution in [0.5, 0.6) is 0 Å². The highest BCUT2D eigenvalue weighted by Gasteiger charge is 2.45. The Morgan fingerprint density at radius 1 is 0.833 bits per heavy atom. The van der Waals surface area contributed by atoms with Gasteiger partial charge in [0.2, 0.25) is 0 Å². The maximum absolute atomic E-state index is 13.2. The first-order valence-electron chi connectivity index (χ1n) is 16.7. The van der Waals surface area contributed by atoms with E-state index in [4.69, 9.17) is 37.9 Å². The van der Waals surface area contributed by atoms with E-state index in [1.807, 2.05) is 20.8 Å². The summed E-state index contributed by atoms with van der Waals surface area (Å²) < 4.78 is 46.5. The number of allylic oxidation sites excluding steroid dienone is 2. The van der Waals surface area contributed by atoms with Gasteiger partial charge in [-0.15, -0.1) is 0 Å². The van der Waals surface area contributed by atoms with Crippen molar-refractivity contribution in [3.05, 3.63) is 36.5 Å². The van der Waals surface area contributed by atoms with Gasteiger partial charge in [-0.1, -0.05) is 38.2 Å². The number of aliphatic hydroxyl groups excluding tert-OH is 2. The normalized spacial score (nSPS) is 45.7. The van der Waals surface area contributed by atoms with Gasteiger partial charge in [-0.05, 0) is 46.1 Å². The van der Waals surface area contributed by atoms with Crippen molar-refractivity contribution in [2.24, 2.45) is 17.8 Å². The molecule has 1 unspecified atom stereocenters. The zero-order valence-electron chi connectivity index (χ0n) is 29.6. The summed E-state index contributed by atoms with van der Waals surface area (Å²) in [5, 5.41) is 32.6. The van der Waals surface area contributed by atoms with Crippen molar-refractivity contribution in [3.63, 3.8) is 0 Å². The summed E-state index contributed by atoms with van der Waals surface area (Å²) in [4.78, 5) is 26.2. The maximum Gasteiger partial charge on any atom is 0.330 e. The summed E-state index contributed by atoms with van der Waals surface area (Å²) in [6.07, 6.45) is 1.67. The van der Waals surface area contributed by atoms with E-state index in [2.05, 4.69) is 0 Å². The van der Waals surface area contributed by atoms with Crippen LogP contribution in [0, 0.1) is 17.8 Å². The number of ketones is 1. The number of ether oxygens (including phenoxy) is 8. The lowest BCUT2D eigenvalue weighted by Gasteiger charge is -2.42. The lowest BCUT2D eigenvalue weighted by Crippen LogP contribution is -2.59. The van der Waals surface area contributed by atoms with Crippen LogP contribution in [0.15, 0.2) is 36.5 Å². The van der Waals surface area contributed by atoms with Crippen molar-refractivity contribution in [3.8, 4) is 0 Å². The molecule has 0 amide bonds.